The van der Waals surface area contributed by atoms with Crippen molar-refractivity contribution < 1.29 is 4.74 Å². The second kappa shape index (κ2) is 5.08. The van der Waals surface area contributed by atoms with Gasteiger partial charge in [-0.2, -0.15) is 0 Å². The summed E-state index contributed by atoms with van der Waals surface area (Å²) in [6, 6.07) is 8.92. The molecule has 18 heavy (non-hydrogen) atoms. The van der Waals surface area contributed by atoms with E-state index in [1.54, 1.807) is 11.3 Å². The minimum Gasteiger partial charge on any atom is -0.380 e. The zero-order valence-electron chi connectivity index (χ0n) is 10.3. The molecule has 1 atom stereocenters. The number of nitrogens with one attached hydrogen (secondary N) is 1. The molecule has 2 heterocycles. The van der Waals surface area contributed by atoms with Gasteiger partial charge in [0, 0.05) is 23.2 Å². The van der Waals surface area contributed by atoms with Crippen molar-refractivity contribution in [3.8, 4) is 11.3 Å². The van der Waals surface area contributed by atoms with Crippen molar-refractivity contribution in [1.82, 2.24) is 4.98 Å². The first kappa shape index (κ1) is 11.7. The van der Waals surface area contributed by atoms with Gasteiger partial charge in [0.25, 0.3) is 0 Å². The normalized spacial score (nSPS) is 19.1. The van der Waals surface area contributed by atoms with Gasteiger partial charge in [-0.15, -0.1) is 11.3 Å². The molecule has 0 radical (unpaired) electrons. The molecule has 1 fully saturated rings. The van der Waals surface area contributed by atoms with Crippen LogP contribution < -0.4 is 5.32 Å². The lowest BCUT2D eigenvalue weighted by atomic mass is 10.1. The smallest absolute Gasteiger partial charge is 0.0901 e. The van der Waals surface area contributed by atoms with Gasteiger partial charge in [-0.05, 0) is 25.5 Å². The SMILES string of the molecule is Cc1nc(-c2ccc(NC3CCOC3)cc2)cs1. The Labute approximate surface area is 111 Å². The molecule has 1 unspecified atom stereocenters. The van der Waals surface area contributed by atoms with Gasteiger partial charge in [-0.3, -0.25) is 0 Å². The van der Waals surface area contributed by atoms with Crippen LogP contribution in [0.15, 0.2) is 29.6 Å². The van der Waals surface area contributed by atoms with E-state index in [1.165, 1.54) is 5.56 Å². The van der Waals surface area contributed by atoms with Gasteiger partial charge in [-0.1, -0.05) is 12.1 Å². The van der Waals surface area contributed by atoms with E-state index in [0.29, 0.717) is 6.04 Å². The van der Waals surface area contributed by atoms with Crippen LogP contribution in [0.1, 0.15) is 11.4 Å². The number of thiazole rings is 1. The molecular formula is C14H16N2OS. The summed E-state index contributed by atoms with van der Waals surface area (Å²) < 4.78 is 5.35. The predicted octanol–water partition coefficient (Wildman–Crippen LogP) is 3.32. The van der Waals surface area contributed by atoms with Crippen molar-refractivity contribution in [3.05, 3.63) is 34.7 Å². The third-order valence-corrected chi connectivity index (χ3v) is 3.87. The van der Waals surface area contributed by atoms with Gasteiger partial charge >= 0.3 is 0 Å². The van der Waals surface area contributed by atoms with E-state index < -0.39 is 0 Å². The van der Waals surface area contributed by atoms with E-state index in [-0.39, 0.29) is 0 Å². The summed E-state index contributed by atoms with van der Waals surface area (Å²) in [6.45, 7) is 3.71. The second-order valence-electron chi connectivity index (χ2n) is 4.53. The summed E-state index contributed by atoms with van der Waals surface area (Å²) in [6.07, 6.45) is 1.09. The van der Waals surface area contributed by atoms with Crippen LogP contribution in [0.25, 0.3) is 11.3 Å². The third kappa shape index (κ3) is 2.54. The number of hydrogen-bond donors (Lipinski definition) is 1. The van der Waals surface area contributed by atoms with Gasteiger partial charge < -0.3 is 10.1 Å². The van der Waals surface area contributed by atoms with Crippen LogP contribution in [0.4, 0.5) is 5.69 Å². The van der Waals surface area contributed by atoms with Gasteiger partial charge in [0.05, 0.1) is 23.4 Å². The molecule has 0 amide bonds. The first-order chi connectivity index (χ1) is 8.81. The molecule has 1 aromatic carbocycles. The maximum atomic E-state index is 5.35. The van der Waals surface area contributed by atoms with E-state index in [9.17, 15) is 0 Å². The van der Waals surface area contributed by atoms with Crippen LogP contribution in [0.2, 0.25) is 0 Å². The topological polar surface area (TPSA) is 34.2 Å². The number of hydrogen-bond acceptors (Lipinski definition) is 4. The number of ether oxygens (including phenoxy) is 1. The first-order valence-corrected chi connectivity index (χ1v) is 7.06. The Balaban J connectivity index is 1.72. The van der Waals surface area contributed by atoms with E-state index in [4.69, 9.17) is 4.74 Å². The second-order valence-corrected chi connectivity index (χ2v) is 5.60. The molecule has 3 nitrogen and oxygen atoms in total. The summed E-state index contributed by atoms with van der Waals surface area (Å²) in [7, 11) is 0. The third-order valence-electron chi connectivity index (χ3n) is 3.10. The molecular weight excluding hydrogens is 244 g/mol. The van der Waals surface area contributed by atoms with Crippen LogP contribution in [0.5, 0.6) is 0 Å². The summed E-state index contributed by atoms with van der Waals surface area (Å²) in [5, 5.41) is 6.69. The Kier molecular flexibility index (Phi) is 3.30. The first-order valence-electron chi connectivity index (χ1n) is 6.18. The maximum Gasteiger partial charge on any atom is 0.0901 e. The van der Waals surface area contributed by atoms with Crippen molar-refractivity contribution in [2.24, 2.45) is 0 Å². The Morgan fingerprint density at radius 2 is 2.17 bits per heavy atom. The summed E-state index contributed by atoms with van der Waals surface area (Å²) in [5.41, 5.74) is 3.39. The zero-order chi connectivity index (χ0) is 12.4. The van der Waals surface area contributed by atoms with Crippen LogP contribution in [-0.2, 0) is 4.74 Å². The van der Waals surface area contributed by atoms with E-state index in [0.717, 1.165) is 36.0 Å². The number of rotatable bonds is 3. The lowest BCUT2D eigenvalue weighted by molar-refractivity contribution is 0.195. The molecule has 4 heteroatoms. The predicted molar refractivity (Wildman–Crippen MR) is 75.1 cm³/mol. The van der Waals surface area contributed by atoms with Crippen molar-refractivity contribution in [2.75, 3.05) is 18.5 Å². The van der Waals surface area contributed by atoms with Crippen LogP contribution in [0.3, 0.4) is 0 Å². The summed E-state index contributed by atoms with van der Waals surface area (Å²) >= 11 is 1.69. The number of benzene rings is 1. The average molecular weight is 260 g/mol. The quantitative estimate of drug-likeness (QED) is 0.919. The molecule has 0 bridgehead atoms. The Bertz CT molecular complexity index is 515. The molecule has 1 aliphatic heterocycles. The van der Waals surface area contributed by atoms with Crippen molar-refractivity contribution in [1.29, 1.82) is 0 Å². The van der Waals surface area contributed by atoms with Gasteiger partial charge in [0.1, 0.15) is 0 Å². The highest BCUT2D eigenvalue weighted by Crippen LogP contribution is 2.23. The lowest BCUT2D eigenvalue weighted by Gasteiger charge is -2.12. The number of aromatic nitrogens is 1. The molecule has 2 aromatic rings. The van der Waals surface area contributed by atoms with Crippen molar-refractivity contribution in [3.63, 3.8) is 0 Å². The van der Waals surface area contributed by atoms with E-state index in [1.807, 2.05) is 6.92 Å². The maximum absolute atomic E-state index is 5.35. The summed E-state index contributed by atoms with van der Waals surface area (Å²) in [4.78, 5) is 4.49. The molecule has 0 aliphatic carbocycles. The Morgan fingerprint density at radius 3 is 2.78 bits per heavy atom. The highest BCUT2D eigenvalue weighted by Gasteiger charge is 2.14. The monoisotopic (exact) mass is 260 g/mol. The lowest BCUT2D eigenvalue weighted by Crippen LogP contribution is -2.18. The van der Waals surface area contributed by atoms with E-state index >= 15 is 0 Å². The van der Waals surface area contributed by atoms with Crippen LogP contribution >= 0.6 is 11.3 Å². The number of anilines is 1. The number of nitrogens with zero attached hydrogens (tertiary/aromatic N) is 1. The minimum absolute atomic E-state index is 0.456. The van der Waals surface area contributed by atoms with Crippen molar-refractivity contribution in [2.45, 2.75) is 19.4 Å². The molecule has 1 aliphatic rings. The zero-order valence-corrected chi connectivity index (χ0v) is 11.2. The van der Waals surface area contributed by atoms with Gasteiger partial charge in [-0.25, -0.2) is 4.98 Å². The van der Waals surface area contributed by atoms with E-state index in [2.05, 4.69) is 39.9 Å². The fourth-order valence-corrected chi connectivity index (χ4v) is 2.74. The minimum atomic E-state index is 0.456. The Hall–Kier alpha value is -1.39. The molecule has 1 aromatic heterocycles. The number of aryl methyl sites for hydroxylation is 1. The standard InChI is InChI=1S/C14H16N2OS/c1-10-15-14(9-18-10)11-2-4-12(5-3-11)16-13-6-7-17-8-13/h2-5,9,13,16H,6-8H2,1H3. The van der Waals surface area contributed by atoms with Crippen molar-refractivity contribution >= 4 is 17.0 Å². The molecule has 3 rings (SSSR count). The largest absolute Gasteiger partial charge is 0.380 e. The molecule has 94 valence electrons. The fraction of sp³-hybridized carbons (Fsp3) is 0.357. The summed E-state index contributed by atoms with van der Waals surface area (Å²) in [5.74, 6) is 0. The molecule has 1 N–H and O–H groups in total. The Morgan fingerprint density at radius 1 is 1.33 bits per heavy atom. The highest BCUT2D eigenvalue weighted by atomic mass is 32.1. The molecule has 0 spiro atoms. The fourth-order valence-electron chi connectivity index (χ4n) is 2.12. The average Bonchev–Trinajstić information content (AvgIpc) is 3.02. The van der Waals surface area contributed by atoms with Crippen LogP contribution in [0, 0.1) is 6.92 Å². The van der Waals surface area contributed by atoms with Gasteiger partial charge in [0.2, 0.25) is 0 Å². The molecule has 0 saturated carbocycles. The van der Waals surface area contributed by atoms with Crippen LogP contribution in [-0.4, -0.2) is 24.2 Å². The van der Waals surface area contributed by atoms with Gasteiger partial charge in [0.15, 0.2) is 0 Å². The highest BCUT2D eigenvalue weighted by molar-refractivity contribution is 7.09. The molecule has 1 saturated heterocycles.